The maximum Gasteiger partial charge on any atom is 0.266 e. The van der Waals surface area contributed by atoms with E-state index in [4.69, 9.17) is 12.2 Å². The molecule has 152 valence electrons. The SMILES string of the molecule is CCN1C(=O)/C(=C2\C(=O)N(CC(=O)Nc3ccc(F)cc3)c3ccccc32)SC1=S. The van der Waals surface area contributed by atoms with Crippen LogP contribution < -0.4 is 10.2 Å². The maximum absolute atomic E-state index is 13.2. The van der Waals surface area contributed by atoms with Crippen LogP contribution in [0.4, 0.5) is 15.8 Å². The Kier molecular flexibility index (Phi) is 5.40. The zero-order valence-corrected chi connectivity index (χ0v) is 17.5. The van der Waals surface area contributed by atoms with Crippen molar-refractivity contribution in [1.82, 2.24) is 4.90 Å². The number of thioether (sulfide) groups is 1. The van der Waals surface area contributed by atoms with Gasteiger partial charge in [-0.2, -0.15) is 0 Å². The molecule has 2 aromatic carbocycles. The van der Waals surface area contributed by atoms with Crippen LogP contribution in [0.25, 0.3) is 5.57 Å². The number of benzene rings is 2. The Morgan fingerprint density at radius 2 is 1.77 bits per heavy atom. The van der Waals surface area contributed by atoms with Crippen LogP contribution in [0.15, 0.2) is 53.4 Å². The number of thiocarbonyl (C=S) groups is 1. The molecule has 1 N–H and O–H groups in total. The third kappa shape index (κ3) is 3.50. The van der Waals surface area contributed by atoms with Gasteiger partial charge in [0.2, 0.25) is 5.91 Å². The summed E-state index contributed by atoms with van der Waals surface area (Å²) in [6.07, 6.45) is 0. The molecule has 30 heavy (non-hydrogen) atoms. The highest BCUT2D eigenvalue weighted by Crippen LogP contribution is 2.44. The zero-order valence-electron chi connectivity index (χ0n) is 15.8. The number of carbonyl (C=O) groups is 3. The van der Waals surface area contributed by atoms with Gasteiger partial charge in [0.05, 0.1) is 16.2 Å². The smallest absolute Gasteiger partial charge is 0.266 e. The molecular formula is C21H16FN3O3S2. The third-order valence-corrected chi connectivity index (χ3v) is 6.19. The van der Waals surface area contributed by atoms with Crippen LogP contribution in [0, 0.1) is 5.82 Å². The predicted octanol–water partition coefficient (Wildman–Crippen LogP) is 3.40. The number of carbonyl (C=O) groups excluding carboxylic acids is 3. The second kappa shape index (κ2) is 8.00. The molecule has 0 spiro atoms. The van der Waals surface area contributed by atoms with Gasteiger partial charge in [-0.1, -0.05) is 42.2 Å². The molecule has 2 aliphatic heterocycles. The summed E-state index contributed by atoms with van der Waals surface area (Å²) in [4.78, 5) is 41.6. The highest BCUT2D eigenvalue weighted by atomic mass is 32.2. The van der Waals surface area contributed by atoms with E-state index in [1.165, 1.54) is 34.1 Å². The van der Waals surface area contributed by atoms with Gasteiger partial charge in [-0.05, 0) is 37.3 Å². The first-order valence-corrected chi connectivity index (χ1v) is 10.4. The Balaban J connectivity index is 1.65. The van der Waals surface area contributed by atoms with Gasteiger partial charge in [0.15, 0.2) is 0 Å². The van der Waals surface area contributed by atoms with Gasteiger partial charge in [-0.15, -0.1) is 0 Å². The molecule has 4 rings (SSSR count). The molecule has 2 aromatic rings. The lowest BCUT2D eigenvalue weighted by Gasteiger charge is -2.16. The third-order valence-electron chi connectivity index (χ3n) is 4.75. The Morgan fingerprint density at radius 1 is 1.07 bits per heavy atom. The number of hydrogen-bond acceptors (Lipinski definition) is 5. The first-order valence-electron chi connectivity index (χ1n) is 9.15. The molecule has 1 saturated heterocycles. The number of anilines is 2. The van der Waals surface area contributed by atoms with Crippen LogP contribution in [-0.2, 0) is 14.4 Å². The Hall–Kier alpha value is -3.04. The Morgan fingerprint density at radius 3 is 2.43 bits per heavy atom. The number of nitrogens with one attached hydrogen (secondary N) is 1. The van der Waals surface area contributed by atoms with Gasteiger partial charge in [0.1, 0.15) is 16.7 Å². The first kappa shape index (κ1) is 20.2. The second-order valence-corrected chi connectivity index (χ2v) is 8.23. The largest absolute Gasteiger partial charge is 0.325 e. The quantitative estimate of drug-likeness (QED) is 0.582. The van der Waals surface area contributed by atoms with Gasteiger partial charge < -0.3 is 5.32 Å². The van der Waals surface area contributed by atoms with E-state index in [1.54, 1.807) is 24.3 Å². The molecule has 0 bridgehead atoms. The molecule has 0 unspecified atom stereocenters. The fourth-order valence-electron chi connectivity index (χ4n) is 3.36. The first-order chi connectivity index (χ1) is 14.4. The van der Waals surface area contributed by atoms with E-state index < -0.39 is 17.6 Å². The Labute approximate surface area is 181 Å². The number of nitrogens with zero attached hydrogens (tertiary/aromatic N) is 2. The lowest BCUT2D eigenvalue weighted by Crippen LogP contribution is -2.35. The lowest BCUT2D eigenvalue weighted by molar-refractivity contribution is -0.122. The van der Waals surface area contributed by atoms with Gasteiger partial charge in [-0.3, -0.25) is 24.2 Å². The minimum absolute atomic E-state index is 0.245. The highest BCUT2D eigenvalue weighted by molar-refractivity contribution is 8.26. The van der Waals surface area contributed by atoms with Gasteiger partial charge in [-0.25, -0.2) is 4.39 Å². The lowest BCUT2D eigenvalue weighted by atomic mass is 10.1. The van der Waals surface area contributed by atoms with Crippen LogP contribution in [0.1, 0.15) is 12.5 Å². The van der Waals surface area contributed by atoms with Crippen molar-refractivity contribution < 1.29 is 18.8 Å². The molecule has 2 aliphatic rings. The minimum atomic E-state index is -0.438. The predicted molar refractivity (Wildman–Crippen MR) is 118 cm³/mol. The topological polar surface area (TPSA) is 69.7 Å². The monoisotopic (exact) mass is 441 g/mol. The fraction of sp³-hybridized carbons (Fsp3) is 0.143. The number of likely N-dealkylation sites (N-methyl/N-ethyl adjacent to an activating group) is 1. The van der Waals surface area contributed by atoms with E-state index in [0.29, 0.717) is 27.8 Å². The molecule has 0 aromatic heterocycles. The van der Waals surface area contributed by atoms with Crippen molar-refractivity contribution in [3.05, 3.63) is 64.8 Å². The van der Waals surface area contributed by atoms with Crippen LogP contribution in [0.3, 0.4) is 0 Å². The van der Waals surface area contributed by atoms with E-state index in [9.17, 15) is 18.8 Å². The molecule has 0 atom stereocenters. The summed E-state index contributed by atoms with van der Waals surface area (Å²) < 4.78 is 13.5. The number of hydrogen-bond donors (Lipinski definition) is 1. The van der Waals surface area contributed by atoms with E-state index in [-0.39, 0.29) is 22.9 Å². The molecule has 6 nitrogen and oxygen atoms in total. The van der Waals surface area contributed by atoms with Crippen molar-refractivity contribution in [2.45, 2.75) is 6.92 Å². The summed E-state index contributed by atoms with van der Waals surface area (Å²) in [5.41, 5.74) is 1.82. The summed E-state index contributed by atoms with van der Waals surface area (Å²) in [6, 6.07) is 12.4. The number of rotatable bonds is 4. The van der Waals surface area contributed by atoms with Crippen LogP contribution >= 0.6 is 24.0 Å². The van der Waals surface area contributed by atoms with Crippen molar-refractivity contribution in [3.63, 3.8) is 0 Å². The van der Waals surface area contributed by atoms with Crippen molar-refractivity contribution >= 4 is 63.0 Å². The summed E-state index contributed by atoms with van der Waals surface area (Å²) in [5, 5.41) is 2.65. The fourth-order valence-corrected chi connectivity index (χ4v) is 4.81. The van der Waals surface area contributed by atoms with E-state index in [2.05, 4.69) is 5.32 Å². The van der Waals surface area contributed by atoms with Gasteiger partial charge in [0.25, 0.3) is 11.8 Å². The summed E-state index contributed by atoms with van der Waals surface area (Å²) in [6.45, 7) is 1.99. The molecule has 1 fully saturated rings. The van der Waals surface area contributed by atoms with E-state index in [1.807, 2.05) is 6.92 Å². The number of halogens is 1. The highest BCUT2D eigenvalue weighted by Gasteiger charge is 2.41. The van der Waals surface area contributed by atoms with Gasteiger partial charge >= 0.3 is 0 Å². The average molecular weight is 442 g/mol. The van der Waals surface area contributed by atoms with Crippen molar-refractivity contribution in [1.29, 1.82) is 0 Å². The van der Waals surface area contributed by atoms with Gasteiger partial charge in [0, 0.05) is 17.8 Å². The Bertz CT molecular complexity index is 1110. The maximum atomic E-state index is 13.2. The van der Waals surface area contributed by atoms with Crippen molar-refractivity contribution in [3.8, 4) is 0 Å². The summed E-state index contributed by atoms with van der Waals surface area (Å²) in [5.74, 6) is -1.58. The number of para-hydroxylation sites is 1. The molecule has 2 heterocycles. The van der Waals surface area contributed by atoms with Crippen molar-refractivity contribution in [2.75, 3.05) is 23.3 Å². The number of amides is 3. The standard InChI is InChI=1S/C21H16FN3O3S2/c1-2-24-20(28)18(30-21(24)29)17-14-5-3-4-6-15(14)25(19(17)27)11-16(26)23-13-9-7-12(22)8-10-13/h3-10H,2,11H2,1H3,(H,23,26)/b18-17+. The normalized spacial score (nSPS) is 18.3. The van der Waals surface area contributed by atoms with Crippen LogP contribution in [0.5, 0.6) is 0 Å². The number of fused-ring (bicyclic) bond motifs is 1. The molecule has 0 aliphatic carbocycles. The molecule has 9 heteroatoms. The van der Waals surface area contributed by atoms with Crippen molar-refractivity contribution in [2.24, 2.45) is 0 Å². The van der Waals surface area contributed by atoms with E-state index >= 15 is 0 Å². The molecule has 0 saturated carbocycles. The zero-order chi connectivity index (χ0) is 21.4. The molecule has 0 radical (unpaired) electrons. The molecular weight excluding hydrogens is 425 g/mol. The summed E-state index contributed by atoms with van der Waals surface area (Å²) >= 11 is 6.37. The van der Waals surface area contributed by atoms with Crippen LogP contribution in [0.2, 0.25) is 0 Å². The second-order valence-electron chi connectivity index (χ2n) is 6.59. The van der Waals surface area contributed by atoms with Crippen LogP contribution in [-0.4, -0.2) is 40.0 Å². The summed E-state index contributed by atoms with van der Waals surface area (Å²) in [7, 11) is 0. The minimum Gasteiger partial charge on any atom is -0.325 e. The average Bonchev–Trinajstić information content (AvgIpc) is 3.16. The van der Waals surface area contributed by atoms with E-state index in [0.717, 1.165) is 11.8 Å². The molecule has 3 amide bonds.